The van der Waals surface area contributed by atoms with Crippen molar-refractivity contribution in [3.63, 3.8) is 0 Å². The number of hydrogen-bond acceptors (Lipinski definition) is 6. The van der Waals surface area contributed by atoms with Crippen molar-refractivity contribution in [1.82, 2.24) is 19.5 Å². The molecular formula is C50H32N4S3. The SMILES string of the molecule is CC1(C)c2ccccc2-c2cc3c4cc(-c5csc6sc7scc(-c8nc(-c9ccccc9)nc(-c9ccccc9)n8)c7c56)ccc4n(-c4ccccc4)c3cc21. The minimum Gasteiger partial charge on any atom is -0.309 e. The highest BCUT2D eigenvalue weighted by Crippen LogP contribution is 2.53. The zero-order chi connectivity index (χ0) is 37.8. The number of rotatable bonds is 5. The van der Waals surface area contributed by atoms with Gasteiger partial charge in [-0.1, -0.05) is 123 Å². The fourth-order valence-corrected chi connectivity index (χ4v) is 12.6. The first-order valence-corrected chi connectivity index (χ1v) is 21.7. The van der Waals surface area contributed by atoms with Crippen LogP contribution in [0, 0.1) is 0 Å². The molecule has 5 heterocycles. The average molecular weight is 785 g/mol. The van der Waals surface area contributed by atoms with Gasteiger partial charge in [0.2, 0.25) is 0 Å². The van der Waals surface area contributed by atoms with Gasteiger partial charge in [0, 0.05) is 65.7 Å². The van der Waals surface area contributed by atoms with Crippen molar-refractivity contribution < 1.29 is 0 Å². The summed E-state index contributed by atoms with van der Waals surface area (Å²) in [6, 6.07) is 52.2. The van der Waals surface area contributed by atoms with E-state index in [-0.39, 0.29) is 5.41 Å². The van der Waals surface area contributed by atoms with Crippen molar-refractivity contribution >= 4 is 74.6 Å². The molecule has 6 aromatic carbocycles. The molecule has 11 aromatic rings. The molecular weight excluding hydrogens is 753 g/mol. The maximum atomic E-state index is 5.15. The summed E-state index contributed by atoms with van der Waals surface area (Å²) in [6.45, 7) is 4.72. The molecule has 0 saturated carbocycles. The first kappa shape index (κ1) is 32.9. The summed E-state index contributed by atoms with van der Waals surface area (Å²) in [4.78, 5) is 15.3. The number of para-hydroxylation sites is 1. The van der Waals surface area contributed by atoms with Crippen LogP contribution in [0.3, 0.4) is 0 Å². The van der Waals surface area contributed by atoms with E-state index in [9.17, 15) is 0 Å². The van der Waals surface area contributed by atoms with Crippen molar-refractivity contribution in [2.24, 2.45) is 0 Å². The first-order valence-electron chi connectivity index (χ1n) is 19.1. The van der Waals surface area contributed by atoms with Gasteiger partial charge in [0.1, 0.15) is 0 Å². The third-order valence-corrected chi connectivity index (χ3v) is 15.1. The molecule has 4 nitrogen and oxygen atoms in total. The Bertz CT molecular complexity index is 3310. The van der Waals surface area contributed by atoms with Crippen LogP contribution in [0.4, 0.5) is 0 Å². The predicted molar refractivity (Wildman–Crippen MR) is 242 cm³/mol. The number of fused-ring (bicyclic) bond motifs is 9. The van der Waals surface area contributed by atoms with Gasteiger partial charge in [-0.2, -0.15) is 0 Å². The van der Waals surface area contributed by atoms with E-state index in [1.807, 2.05) is 59.1 Å². The lowest BCUT2D eigenvalue weighted by atomic mass is 9.82. The molecule has 5 aromatic heterocycles. The van der Waals surface area contributed by atoms with E-state index < -0.39 is 0 Å². The van der Waals surface area contributed by atoms with Gasteiger partial charge in [0.05, 0.1) is 19.1 Å². The van der Waals surface area contributed by atoms with Crippen LogP contribution in [-0.2, 0) is 5.41 Å². The van der Waals surface area contributed by atoms with Gasteiger partial charge in [-0.15, -0.1) is 34.0 Å². The predicted octanol–water partition coefficient (Wildman–Crippen LogP) is 14.4. The molecule has 270 valence electrons. The lowest BCUT2D eigenvalue weighted by Crippen LogP contribution is -2.14. The lowest BCUT2D eigenvalue weighted by Gasteiger charge is -2.21. The molecule has 12 rings (SSSR count). The lowest BCUT2D eigenvalue weighted by molar-refractivity contribution is 0.661. The Labute approximate surface area is 341 Å². The van der Waals surface area contributed by atoms with Crippen LogP contribution in [0.5, 0.6) is 0 Å². The van der Waals surface area contributed by atoms with Crippen LogP contribution in [0.25, 0.3) is 103 Å². The highest BCUT2D eigenvalue weighted by atomic mass is 32.2. The van der Waals surface area contributed by atoms with E-state index in [1.54, 1.807) is 11.3 Å². The van der Waals surface area contributed by atoms with Crippen molar-refractivity contribution in [2.75, 3.05) is 0 Å². The summed E-state index contributed by atoms with van der Waals surface area (Å²) >= 11 is 5.48. The van der Waals surface area contributed by atoms with Gasteiger partial charge in [0.25, 0.3) is 0 Å². The van der Waals surface area contributed by atoms with Gasteiger partial charge in [0.15, 0.2) is 17.5 Å². The summed E-state index contributed by atoms with van der Waals surface area (Å²) < 4.78 is 5.05. The molecule has 0 saturated heterocycles. The Morgan fingerprint density at radius 1 is 0.456 bits per heavy atom. The Morgan fingerprint density at radius 2 is 1.04 bits per heavy atom. The monoisotopic (exact) mass is 784 g/mol. The molecule has 0 N–H and O–H groups in total. The fraction of sp³-hybridized carbons (Fsp3) is 0.0600. The van der Waals surface area contributed by atoms with Gasteiger partial charge in [-0.3, -0.25) is 0 Å². The minimum absolute atomic E-state index is 0.0870. The van der Waals surface area contributed by atoms with Crippen molar-refractivity contribution in [1.29, 1.82) is 0 Å². The highest BCUT2D eigenvalue weighted by molar-refractivity contribution is 7.48. The van der Waals surface area contributed by atoms with E-state index in [0.29, 0.717) is 17.5 Å². The molecule has 0 bridgehead atoms. The summed E-state index contributed by atoms with van der Waals surface area (Å²) in [5.74, 6) is 2.05. The Kier molecular flexibility index (Phi) is 7.15. The maximum Gasteiger partial charge on any atom is 0.165 e. The molecule has 0 amide bonds. The van der Waals surface area contributed by atoms with Gasteiger partial charge >= 0.3 is 0 Å². The third kappa shape index (κ3) is 4.93. The topological polar surface area (TPSA) is 43.6 Å². The van der Waals surface area contributed by atoms with E-state index in [1.165, 1.54) is 79.7 Å². The first-order chi connectivity index (χ1) is 28.0. The number of thiophene rings is 3. The molecule has 1 aliphatic carbocycles. The van der Waals surface area contributed by atoms with Crippen molar-refractivity contribution in [3.8, 4) is 62.1 Å². The number of benzene rings is 6. The standard InChI is InChI=1S/C50H32N4S3/c1-50(2)39-21-13-12-20-33(39)34-25-36-35-24-31(22-23-41(35)54(42(36)26-40(34)50)32-18-10-5-11-19-32)37-27-55-48-43(37)44-38(28-56-49(44)57-48)47-52-45(29-14-6-3-7-15-29)51-46(53-47)30-16-8-4-9-17-30/h3-28H,1-2H3. The van der Waals surface area contributed by atoms with E-state index in [0.717, 1.165) is 16.7 Å². The highest BCUT2D eigenvalue weighted by Gasteiger charge is 2.36. The molecule has 0 unspecified atom stereocenters. The third-order valence-electron chi connectivity index (χ3n) is 11.7. The van der Waals surface area contributed by atoms with E-state index >= 15 is 0 Å². The Balaban J connectivity index is 1.08. The second-order valence-electron chi connectivity index (χ2n) is 15.3. The quantitative estimate of drug-likeness (QED) is 0.175. The minimum atomic E-state index is -0.0870. The van der Waals surface area contributed by atoms with Gasteiger partial charge < -0.3 is 4.57 Å². The summed E-state index contributed by atoms with van der Waals surface area (Å²) in [6.07, 6.45) is 0. The second kappa shape index (κ2) is 12.4. The Morgan fingerprint density at radius 3 is 1.74 bits per heavy atom. The maximum absolute atomic E-state index is 5.15. The zero-order valence-electron chi connectivity index (χ0n) is 31.0. The van der Waals surface area contributed by atoms with Gasteiger partial charge in [-0.25, -0.2) is 15.0 Å². The number of hydrogen-bond donors (Lipinski definition) is 0. The molecule has 1 aliphatic rings. The molecule has 0 radical (unpaired) electrons. The van der Waals surface area contributed by atoms with E-state index in [4.69, 9.17) is 15.0 Å². The van der Waals surface area contributed by atoms with Crippen molar-refractivity contribution in [3.05, 3.63) is 167 Å². The summed E-state index contributed by atoms with van der Waals surface area (Å²) in [5.41, 5.74) is 14.4. The normalized spacial score (nSPS) is 13.2. The molecule has 7 heteroatoms. The molecule has 0 fully saturated rings. The fourth-order valence-electron chi connectivity index (χ4n) is 8.93. The van der Waals surface area contributed by atoms with Crippen LogP contribution in [-0.4, -0.2) is 19.5 Å². The van der Waals surface area contributed by atoms with Crippen molar-refractivity contribution in [2.45, 2.75) is 19.3 Å². The Hall–Kier alpha value is -6.25. The van der Waals surface area contributed by atoms with Crippen LogP contribution < -0.4 is 0 Å². The number of aromatic nitrogens is 4. The summed E-state index contributed by atoms with van der Waals surface area (Å²) in [7, 11) is 0. The largest absolute Gasteiger partial charge is 0.309 e. The van der Waals surface area contributed by atoms with E-state index in [2.05, 4.69) is 138 Å². The van der Waals surface area contributed by atoms with Gasteiger partial charge in [-0.05, 0) is 64.2 Å². The van der Waals surface area contributed by atoms with Crippen LogP contribution >= 0.6 is 34.0 Å². The zero-order valence-corrected chi connectivity index (χ0v) is 33.5. The second-order valence-corrected chi connectivity index (χ2v) is 18.5. The number of nitrogens with zero attached hydrogens (tertiary/aromatic N) is 4. The molecule has 57 heavy (non-hydrogen) atoms. The molecule has 0 aliphatic heterocycles. The molecule has 0 spiro atoms. The molecule has 0 atom stereocenters. The smallest absolute Gasteiger partial charge is 0.165 e. The van der Waals surface area contributed by atoms with Crippen LogP contribution in [0.1, 0.15) is 25.0 Å². The van der Waals surface area contributed by atoms with Crippen LogP contribution in [0.15, 0.2) is 156 Å². The average Bonchev–Trinajstić information content (AvgIpc) is 4.06. The summed E-state index contributed by atoms with van der Waals surface area (Å²) in [5, 5.41) is 9.61. The van der Waals surface area contributed by atoms with Crippen LogP contribution in [0.2, 0.25) is 0 Å².